The first-order valence-electron chi connectivity index (χ1n) is 9.02. The molecule has 0 atom stereocenters. The number of thiophene rings is 1. The summed E-state index contributed by atoms with van der Waals surface area (Å²) < 4.78 is 2.09. The highest BCUT2D eigenvalue weighted by atomic mass is 32.2. The van der Waals surface area contributed by atoms with Crippen LogP contribution in [0.1, 0.15) is 19.9 Å². The summed E-state index contributed by atoms with van der Waals surface area (Å²) in [4.78, 5) is 13.6. The minimum Gasteiger partial charge on any atom is -0.325 e. The Labute approximate surface area is 171 Å². The van der Waals surface area contributed by atoms with Gasteiger partial charge in [-0.1, -0.05) is 54.2 Å². The maximum absolute atomic E-state index is 12.6. The molecule has 2 aromatic carbocycles. The van der Waals surface area contributed by atoms with Gasteiger partial charge in [-0.05, 0) is 36.7 Å². The van der Waals surface area contributed by atoms with Gasteiger partial charge in [-0.2, -0.15) is 0 Å². The van der Waals surface area contributed by atoms with E-state index in [2.05, 4.69) is 33.9 Å². The second-order valence-electron chi connectivity index (χ2n) is 6.61. The lowest BCUT2D eigenvalue weighted by Crippen LogP contribution is -2.15. The highest BCUT2D eigenvalue weighted by molar-refractivity contribution is 7.99. The van der Waals surface area contributed by atoms with Crippen molar-refractivity contribution in [1.82, 2.24) is 14.8 Å². The van der Waals surface area contributed by atoms with Crippen LogP contribution in [0.3, 0.4) is 0 Å². The normalized spacial score (nSPS) is 11.2. The molecule has 0 aliphatic carbocycles. The molecule has 0 spiro atoms. The number of carbonyl (C=O) groups is 1. The number of anilines is 1. The maximum atomic E-state index is 12.6. The van der Waals surface area contributed by atoms with Crippen LogP contribution in [-0.2, 0) is 4.79 Å². The molecule has 2 heterocycles. The van der Waals surface area contributed by atoms with E-state index < -0.39 is 0 Å². The maximum Gasteiger partial charge on any atom is 0.234 e. The van der Waals surface area contributed by atoms with Crippen LogP contribution in [-0.4, -0.2) is 26.4 Å². The number of nitrogens with one attached hydrogen (secondary N) is 1. The fourth-order valence-corrected chi connectivity index (χ4v) is 4.64. The fourth-order valence-electron chi connectivity index (χ4n) is 3.07. The van der Waals surface area contributed by atoms with Gasteiger partial charge in [0.15, 0.2) is 11.0 Å². The van der Waals surface area contributed by atoms with Gasteiger partial charge >= 0.3 is 0 Å². The molecule has 0 bridgehead atoms. The summed E-state index contributed by atoms with van der Waals surface area (Å²) in [6, 6.07) is 18.2. The Balaban J connectivity index is 1.49. The van der Waals surface area contributed by atoms with Gasteiger partial charge in [0.1, 0.15) is 0 Å². The summed E-state index contributed by atoms with van der Waals surface area (Å²) in [5, 5.41) is 16.6. The van der Waals surface area contributed by atoms with Crippen molar-refractivity contribution in [1.29, 1.82) is 0 Å². The van der Waals surface area contributed by atoms with Crippen molar-refractivity contribution in [2.24, 2.45) is 0 Å². The Hall–Kier alpha value is -2.64. The van der Waals surface area contributed by atoms with Crippen molar-refractivity contribution < 1.29 is 4.79 Å². The number of carbonyl (C=O) groups excluding carboxylic acids is 1. The lowest BCUT2D eigenvalue weighted by molar-refractivity contribution is -0.113. The Morgan fingerprint density at radius 2 is 1.93 bits per heavy atom. The molecular formula is C21H20N4OS2. The van der Waals surface area contributed by atoms with Gasteiger partial charge in [0.2, 0.25) is 5.91 Å². The summed E-state index contributed by atoms with van der Waals surface area (Å²) in [7, 11) is 0. The third kappa shape index (κ3) is 3.81. The largest absolute Gasteiger partial charge is 0.325 e. The van der Waals surface area contributed by atoms with E-state index >= 15 is 0 Å². The van der Waals surface area contributed by atoms with Crippen LogP contribution >= 0.6 is 23.1 Å². The lowest BCUT2D eigenvalue weighted by atomic mass is 10.1. The molecule has 1 amide bonds. The van der Waals surface area contributed by atoms with Crippen LogP contribution in [0.4, 0.5) is 5.69 Å². The van der Waals surface area contributed by atoms with Crippen molar-refractivity contribution in [2.45, 2.75) is 25.0 Å². The van der Waals surface area contributed by atoms with Gasteiger partial charge in [0.25, 0.3) is 0 Å². The first-order chi connectivity index (χ1) is 13.6. The fraction of sp³-hybridized carbons (Fsp3) is 0.190. The van der Waals surface area contributed by atoms with E-state index in [4.69, 9.17) is 0 Å². The highest BCUT2D eigenvalue weighted by Gasteiger charge is 2.18. The summed E-state index contributed by atoms with van der Waals surface area (Å²) in [6.07, 6.45) is 0. The molecule has 4 aromatic rings. The van der Waals surface area contributed by atoms with E-state index in [1.54, 1.807) is 11.3 Å². The third-order valence-corrected chi connectivity index (χ3v) is 6.13. The number of nitrogens with zero attached hydrogens (tertiary/aromatic N) is 3. The molecule has 5 nitrogen and oxygen atoms in total. The number of thioether (sulfide) groups is 1. The molecule has 7 heteroatoms. The average Bonchev–Trinajstić information content (AvgIpc) is 3.36. The van der Waals surface area contributed by atoms with E-state index in [0.29, 0.717) is 0 Å². The van der Waals surface area contributed by atoms with Gasteiger partial charge in [0, 0.05) is 17.1 Å². The van der Waals surface area contributed by atoms with Crippen LogP contribution in [0, 0.1) is 0 Å². The molecule has 0 unspecified atom stereocenters. The Morgan fingerprint density at radius 3 is 2.71 bits per heavy atom. The van der Waals surface area contributed by atoms with Gasteiger partial charge in [0.05, 0.1) is 10.6 Å². The number of rotatable bonds is 6. The average molecular weight is 409 g/mol. The standard InChI is InChI=1S/C21H20N4OS2/c1-14(2)25-20(18-11-6-12-27-18)23-24-21(25)28-13-19(26)22-17-10-5-8-15-7-3-4-9-16(15)17/h3-12,14H,13H2,1-2H3,(H,22,26). The second kappa shape index (κ2) is 8.16. The molecular weight excluding hydrogens is 388 g/mol. The van der Waals surface area contributed by atoms with Crippen LogP contribution in [0.5, 0.6) is 0 Å². The molecule has 1 N–H and O–H groups in total. The van der Waals surface area contributed by atoms with Crippen LogP contribution < -0.4 is 5.32 Å². The number of fused-ring (bicyclic) bond motifs is 1. The van der Waals surface area contributed by atoms with Crippen molar-refractivity contribution in [3.05, 3.63) is 60.0 Å². The van der Waals surface area contributed by atoms with Crippen molar-refractivity contribution in [3.8, 4) is 10.7 Å². The molecule has 0 aliphatic rings. The monoisotopic (exact) mass is 408 g/mol. The zero-order valence-electron chi connectivity index (χ0n) is 15.6. The number of amides is 1. The van der Waals surface area contributed by atoms with Gasteiger partial charge < -0.3 is 5.32 Å². The second-order valence-corrected chi connectivity index (χ2v) is 8.50. The third-order valence-electron chi connectivity index (χ3n) is 4.32. The number of hydrogen-bond acceptors (Lipinski definition) is 5. The summed E-state index contributed by atoms with van der Waals surface area (Å²) in [5.74, 6) is 1.07. The quantitative estimate of drug-likeness (QED) is 0.430. The SMILES string of the molecule is CC(C)n1c(SCC(=O)Nc2cccc3ccccc23)nnc1-c1cccs1. The Bertz CT molecular complexity index is 1100. The zero-order valence-corrected chi connectivity index (χ0v) is 17.3. The lowest BCUT2D eigenvalue weighted by Gasteiger charge is -2.13. The topological polar surface area (TPSA) is 59.8 Å². The molecule has 0 saturated carbocycles. The van der Waals surface area contributed by atoms with Gasteiger partial charge in [-0.25, -0.2) is 0 Å². The van der Waals surface area contributed by atoms with E-state index in [0.717, 1.165) is 32.3 Å². The number of hydrogen-bond donors (Lipinski definition) is 1. The van der Waals surface area contributed by atoms with Crippen molar-refractivity contribution in [3.63, 3.8) is 0 Å². The molecule has 142 valence electrons. The van der Waals surface area contributed by atoms with Crippen LogP contribution in [0.2, 0.25) is 0 Å². The van der Waals surface area contributed by atoms with Gasteiger partial charge in [-0.15, -0.1) is 21.5 Å². The molecule has 2 aromatic heterocycles. The predicted molar refractivity (Wildman–Crippen MR) is 117 cm³/mol. The Kier molecular flexibility index (Phi) is 5.45. The predicted octanol–water partition coefficient (Wildman–Crippen LogP) is 5.47. The minimum absolute atomic E-state index is 0.0580. The highest BCUT2D eigenvalue weighted by Crippen LogP contribution is 2.30. The smallest absolute Gasteiger partial charge is 0.234 e. The Morgan fingerprint density at radius 1 is 1.11 bits per heavy atom. The molecule has 0 fully saturated rings. The minimum atomic E-state index is -0.0580. The van der Waals surface area contributed by atoms with Crippen LogP contribution in [0.15, 0.2) is 65.1 Å². The summed E-state index contributed by atoms with van der Waals surface area (Å²) in [6.45, 7) is 4.20. The first-order valence-corrected chi connectivity index (χ1v) is 10.9. The number of benzene rings is 2. The molecule has 0 radical (unpaired) electrons. The molecule has 28 heavy (non-hydrogen) atoms. The van der Waals surface area contributed by atoms with E-state index in [1.165, 1.54) is 11.8 Å². The molecule has 4 rings (SSSR count). The van der Waals surface area contributed by atoms with E-state index in [-0.39, 0.29) is 17.7 Å². The molecule has 0 aliphatic heterocycles. The summed E-state index contributed by atoms with van der Waals surface area (Å²) >= 11 is 3.04. The summed E-state index contributed by atoms with van der Waals surface area (Å²) in [5.41, 5.74) is 0.827. The van der Waals surface area contributed by atoms with Gasteiger partial charge in [-0.3, -0.25) is 9.36 Å². The van der Waals surface area contributed by atoms with Crippen molar-refractivity contribution in [2.75, 3.05) is 11.1 Å². The van der Waals surface area contributed by atoms with E-state index in [9.17, 15) is 4.79 Å². The first kappa shape index (κ1) is 18.7. The van der Waals surface area contributed by atoms with Crippen LogP contribution in [0.25, 0.3) is 21.5 Å². The molecule has 0 saturated heterocycles. The van der Waals surface area contributed by atoms with E-state index in [1.807, 2.05) is 60.0 Å². The van der Waals surface area contributed by atoms with Crippen molar-refractivity contribution >= 4 is 45.5 Å². The zero-order chi connectivity index (χ0) is 19.5. The number of aromatic nitrogens is 3.